The maximum absolute atomic E-state index is 12.3. The summed E-state index contributed by atoms with van der Waals surface area (Å²) in [6, 6.07) is 8.45. The molecule has 1 saturated heterocycles. The molecule has 1 aliphatic rings. The number of thiazole rings is 1. The van der Waals surface area contributed by atoms with E-state index < -0.39 is 0 Å². The van der Waals surface area contributed by atoms with Gasteiger partial charge >= 0.3 is 0 Å². The lowest BCUT2D eigenvalue weighted by Gasteiger charge is -2.32. The predicted molar refractivity (Wildman–Crippen MR) is 94.9 cm³/mol. The maximum atomic E-state index is 12.3. The fourth-order valence-corrected chi connectivity index (χ4v) is 3.65. The highest BCUT2D eigenvalue weighted by molar-refractivity contribution is 7.09. The Labute approximate surface area is 146 Å². The van der Waals surface area contributed by atoms with Gasteiger partial charge in [0.15, 0.2) is 0 Å². The molecule has 2 atom stereocenters. The number of nitrogens with two attached hydrogens (primary N) is 1. The van der Waals surface area contributed by atoms with Crippen LogP contribution in [0.5, 0.6) is 0 Å². The first kappa shape index (κ1) is 17.1. The average molecular weight is 345 g/mol. The van der Waals surface area contributed by atoms with E-state index in [2.05, 4.69) is 41.5 Å². The standard InChI is InChI=1S/C18H23N3O2S/c1-12-4-6-13(7-5-12)17-14(3-2-8-23-17)10-20-18(22)15-11-24-16(9-19)21-15/h4-7,11,14,17H,2-3,8-10,19H2,1H3,(H,20,22). The summed E-state index contributed by atoms with van der Waals surface area (Å²) < 4.78 is 5.99. The molecule has 128 valence electrons. The van der Waals surface area contributed by atoms with E-state index in [4.69, 9.17) is 10.5 Å². The SMILES string of the molecule is Cc1ccc(C2OCCCC2CNC(=O)c2csc(CN)n2)cc1. The van der Waals surface area contributed by atoms with Gasteiger partial charge < -0.3 is 15.8 Å². The summed E-state index contributed by atoms with van der Waals surface area (Å²) >= 11 is 1.42. The molecule has 3 rings (SSSR count). The number of aromatic nitrogens is 1. The summed E-state index contributed by atoms with van der Waals surface area (Å²) in [5.74, 6) is 0.136. The molecule has 1 fully saturated rings. The third kappa shape index (κ3) is 4.01. The van der Waals surface area contributed by atoms with Gasteiger partial charge in [-0.25, -0.2) is 4.98 Å². The van der Waals surface area contributed by atoms with Crippen LogP contribution >= 0.6 is 11.3 Å². The molecule has 1 aliphatic heterocycles. The highest BCUT2D eigenvalue weighted by atomic mass is 32.1. The van der Waals surface area contributed by atoms with E-state index in [9.17, 15) is 4.79 Å². The number of aryl methyl sites for hydroxylation is 1. The normalized spacial score (nSPS) is 20.8. The first-order valence-corrected chi connectivity index (χ1v) is 9.16. The van der Waals surface area contributed by atoms with E-state index in [1.54, 1.807) is 5.38 Å². The van der Waals surface area contributed by atoms with Crippen molar-refractivity contribution in [1.82, 2.24) is 10.3 Å². The Kier molecular flexibility index (Phi) is 5.60. The summed E-state index contributed by atoms with van der Waals surface area (Å²) in [5, 5.41) is 5.53. The second-order valence-electron chi connectivity index (χ2n) is 6.15. The first-order valence-electron chi connectivity index (χ1n) is 8.28. The molecular formula is C18H23N3O2S. The molecule has 2 aromatic rings. The molecule has 0 aliphatic carbocycles. The second kappa shape index (κ2) is 7.88. The Morgan fingerprint density at radius 2 is 2.21 bits per heavy atom. The zero-order valence-electron chi connectivity index (χ0n) is 13.8. The van der Waals surface area contributed by atoms with Crippen molar-refractivity contribution >= 4 is 17.2 Å². The number of hydrogen-bond acceptors (Lipinski definition) is 5. The van der Waals surface area contributed by atoms with E-state index in [1.807, 2.05) is 0 Å². The van der Waals surface area contributed by atoms with Crippen LogP contribution in [-0.2, 0) is 11.3 Å². The minimum absolute atomic E-state index is 0.0367. The number of carbonyl (C=O) groups is 1. The minimum atomic E-state index is -0.140. The second-order valence-corrected chi connectivity index (χ2v) is 7.09. The van der Waals surface area contributed by atoms with Crippen molar-refractivity contribution in [3.63, 3.8) is 0 Å². The highest BCUT2D eigenvalue weighted by Gasteiger charge is 2.28. The van der Waals surface area contributed by atoms with Crippen molar-refractivity contribution in [3.05, 3.63) is 51.5 Å². The molecule has 0 radical (unpaired) electrons. The Hall–Kier alpha value is -1.76. The highest BCUT2D eigenvalue weighted by Crippen LogP contribution is 2.33. The van der Waals surface area contributed by atoms with Gasteiger partial charge in [-0.2, -0.15) is 0 Å². The van der Waals surface area contributed by atoms with Gasteiger partial charge in [0.1, 0.15) is 10.7 Å². The fourth-order valence-electron chi connectivity index (χ4n) is 3.00. The lowest BCUT2D eigenvalue weighted by atomic mass is 9.89. The van der Waals surface area contributed by atoms with Gasteiger partial charge in [0.25, 0.3) is 5.91 Å². The van der Waals surface area contributed by atoms with Crippen LogP contribution in [-0.4, -0.2) is 24.0 Å². The Morgan fingerprint density at radius 1 is 1.42 bits per heavy atom. The molecule has 6 heteroatoms. The zero-order valence-corrected chi connectivity index (χ0v) is 14.6. The van der Waals surface area contributed by atoms with Crippen molar-refractivity contribution in [3.8, 4) is 0 Å². The first-order chi connectivity index (χ1) is 11.7. The predicted octanol–water partition coefficient (Wildman–Crippen LogP) is 2.81. The van der Waals surface area contributed by atoms with Gasteiger partial charge in [0.05, 0.1) is 6.10 Å². The summed E-state index contributed by atoms with van der Waals surface area (Å²) in [6.45, 7) is 3.80. The average Bonchev–Trinajstić information content (AvgIpc) is 3.10. The Balaban J connectivity index is 1.63. The van der Waals surface area contributed by atoms with Gasteiger partial charge in [0, 0.05) is 31.0 Å². The third-order valence-corrected chi connectivity index (χ3v) is 5.21. The molecule has 0 spiro atoms. The Bertz CT molecular complexity index is 684. The number of nitrogens with one attached hydrogen (secondary N) is 1. The number of benzene rings is 1. The number of rotatable bonds is 5. The maximum Gasteiger partial charge on any atom is 0.270 e. The van der Waals surface area contributed by atoms with Crippen molar-refractivity contribution < 1.29 is 9.53 Å². The summed E-state index contributed by atoms with van der Waals surface area (Å²) in [4.78, 5) is 16.5. The van der Waals surface area contributed by atoms with Gasteiger partial charge in [-0.05, 0) is 25.3 Å². The van der Waals surface area contributed by atoms with Crippen LogP contribution < -0.4 is 11.1 Å². The third-order valence-electron chi connectivity index (χ3n) is 4.33. The number of ether oxygens (including phenoxy) is 1. The largest absolute Gasteiger partial charge is 0.373 e. The Morgan fingerprint density at radius 3 is 2.92 bits per heavy atom. The van der Waals surface area contributed by atoms with Crippen molar-refractivity contribution in [2.24, 2.45) is 11.7 Å². The lowest BCUT2D eigenvalue weighted by molar-refractivity contribution is -0.0272. The topological polar surface area (TPSA) is 77.2 Å². The van der Waals surface area contributed by atoms with Crippen LogP contribution in [0.25, 0.3) is 0 Å². The number of hydrogen-bond donors (Lipinski definition) is 2. The smallest absolute Gasteiger partial charge is 0.270 e. The van der Waals surface area contributed by atoms with Crippen LogP contribution in [0.15, 0.2) is 29.6 Å². The van der Waals surface area contributed by atoms with Crippen LogP contribution in [0, 0.1) is 12.8 Å². The molecule has 1 aromatic carbocycles. The number of nitrogens with zero attached hydrogens (tertiary/aromatic N) is 1. The molecule has 24 heavy (non-hydrogen) atoms. The lowest BCUT2D eigenvalue weighted by Crippen LogP contribution is -2.35. The van der Waals surface area contributed by atoms with Gasteiger partial charge in [-0.15, -0.1) is 11.3 Å². The van der Waals surface area contributed by atoms with Gasteiger partial charge in [-0.3, -0.25) is 4.79 Å². The van der Waals surface area contributed by atoms with Crippen molar-refractivity contribution in [2.45, 2.75) is 32.4 Å². The zero-order chi connectivity index (χ0) is 16.9. The van der Waals surface area contributed by atoms with E-state index in [1.165, 1.54) is 22.5 Å². The number of amides is 1. The quantitative estimate of drug-likeness (QED) is 0.873. The summed E-state index contributed by atoms with van der Waals surface area (Å²) in [7, 11) is 0. The molecule has 5 nitrogen and oxygen atoms in total. The van der Waals surface area contributed by atoms with Gasteiger partial charge in [-0.1, -0.05) is 29.8 Å². The molecule has 1 amide bonds. The van der Waals surface area contributed by atoms with Crippen LogP contribution in [0.3, 0.4) is 0 Å². The molecule has 2 unspecified atom stereocenters. The van der Waals surface area contributed by atoms with Crippen LogP contribution in [0.1, 0.15) is 45.6 Å². The number of carbonyl (C=O) groups excluding carboxylic acids is 1. The molecule has 0 bridgehead atoms. The molecule has 3 N–H and O–H groups in total. The van der Waals surface area contributed by atoms with Gasteiger partial charge in [0.2, 0.25) is 0 Å². The van der Waals surface area contributed by atoms with E-state index >= 15 is 0 Å². The van der Waals surface area contributed by atoms with Crippen LogP contribution in [0.4, 0.5) is 0 Å². The van der Waals surface area contributed by atoms with E-state index in [0.717, 1.165) is 24.5 Å². The molecule has 2 heterocycles. The monoisotopic (exact) mass is 345 g/mol. The van der Waals surface area contributed by atoms with E-state index in [-0.39, 0.29) is 17.9 Å². The van der Waals surface area contributed by atoms with E-state index in [0.29, 0.717) is 18.8 Å². The molecule has 0 saturated carbocycles. The summed E-state index contributed by atoms with van der Waals surface area (Å²) in [6.07, 6.45) is 2.11. The molecule has 1 aromatic heterocycles. The minimum Gasteiger partial charge on any atom is -0.373 e. The van der Waals surface area contributed by atoms with Crippen LogP contribution in [0.2, 0.25) is 0 Å². The van der Waals surface area contributed by atoms with Crippen molar-refractivity contribution in [2.75, 3.05) is 13.2 Å². The fraction of sp³-hybridized carbons (Fsp3) is 0.444. The summed E-state index contributed by atoms with van der Waals surface area (Å²) in [5.41, 5.74) is 8.41. The van der Waals surface area contributed by atoms with Crippen molar-refractivity contribution in [1.29, 1.82) is 0 Å². The molecular weight excluding hydrogens is 322 g/mol.